The van der Waals surface area contributed by atoms with Gasteiger partial charge in [-0.3, -0.25) is 0 Å². The quantitative estimate of drug-likeness (QED) is 0.720. The van der Waals surface area contributed by atoms with Gasteiger partial charge >= 0.3 is 5.97 Å². The number of rotatable bonds is 3. The zero-order valence-corrected chi connectivity index (χ0v) is 8.17. The van der Waals surface area contributed by atoms with Crippen LogP contribution >= 0.6 is 0 Å². The van der Waals surface area contributed by atoms with Crippen LogP contribution in [0.1, 0.15) is 27.9 Å². The fourth-order valence-electron chi connectivity index (χ4n) is 1.20. The van der Waals surface area contributed by atoms with Gasteiger partial charge in [-0.15, -0.1) is 0 Å². The Morgan fingerprint density at radius 1 is 1.53 bits per heavy atom. The van der Waals surface area contributed by atoms with E-state index in [1.807, 2.05) is 0 Å². The van der Waals surface area contributed by atoms with Crippen LogP contribution in [0.3, 0.4) is 0 Å². The predicted octanol–water partition coefficient (Wildman–Crippen LogP) is 3.05. The number of esters is 1. The molecule has 0 radical (unpaired) electrons. The zero-order valence-electron chi connectivity index (χ0n) is 8.17. The molecule has 15 heavy (non-hydrogen) atoms. The Balaban J connectivity index is 3.19. The van der Waals surface area contributed by atoms with Crippen molar-refractivity contribution in [3.63, 3.8) is 0 Å². The highest BCUT2D eigenvalue weighted by Gasteiger charge is 2.14. The van der Waals surface area contributed by atoms with Crippen LogP contribution in [0.25, 0.3) is 6.08 Å². The van der Waals surface area contributed by atoms with Gasteiger partial charge in [0.05, 0.1) is 12.7 Å². The minimum Gasteiger partial charge on any atom is -0.465 e. The summed E-state index contributed by atoms with van der Waals surface area (Å²) in [5.41, 5.74) is 0.336. The smallest absolute Gasteiger partial charge is 0.337 e. The van der Waals surface area contributed by atoms with Gasteiger partial charge in [0.15, 0.2) is 0 Å². The molecule has 0 saturated carbocycles. The molecule has 1 aromatic carbocycles. The van der Waals surface area contributed by atoms with E-state index < -0.39 is 12.4 Å². The van der Waals surface area contributed by atoms with Gasteiger partial charge in [-0.1, -0.05) is 18.7 Å². The first kappa shape index (κ1) is 11.4. The van der Waals surface area contributed by atoms with Gasteiger partial charge in [0.1, 0.15) is 0 Å². The van der Waals surface area contributed by atoms with Crippen LogP contribution in [0.15, 0.2) is 24.8 Å². The molecular weight excluding hydrogens is 202 g/mol. The number of carbonyl (C=O) groups excluding carboxylic acids is 1. The van der Waals surface area contributed by atoms with E-state index >= 15 is 0 Å². The van der Waals surface area contributed by atoms with Crippen molar-refractivity contribution in [2.45, 2.75) is 6.43 Å². The van der Waals surface area contributed by atoms with Crippen molar-refractivity contribution in [1.29, 1.82) is 0 Å². The Labute approximate surface area is 86.2 Å². The second kappa shape index (κ2) is 4.68. The number of alkyl halides is 2. The van der Waals surface area contributed by atoms with Gasteiger partial charge in [0, 0.05) is 5.56 Å². The predicted molar refractivity (Wildman–Crippen MR) is 52.8 cm³/mol. The summed E-state index contributed by atoms with van der Waals surface area (Å²) in [6.45, 7) is 3.41. The van der Waals surface area contributed by atoms with Gasteiger partial charge in [0.25, 0.3) is 6.43 Å². The molecule has 0 amide bonds. The lowest BCUT2D eigenvalue weighted by Crippen LogP contribution is -2.02. The molecule has 1 rings (SSSR count). The average molecular weight is 212 g/mol. The van der Waals surface area contributed by atoms with E-state index in [9.17, 15) is 13.6 Å². The van der Waals surface area contributed by atoms with Crippen LogP contribution in [0.4, 0.5) is 8.78 Å². The van der Waals surface area contributed by atoms with E-state index in [-0.39, 0.29) is 16.7 Å². The van der Waals surface area contributed by atoms with Crippen LogP contribution in [0.2, 0.25) is 0 Å². The molecule has 0 atom stereocenters. The highest BCUT2D eigenvalue weighted by Crippen LogP contribution is 2.24. The maximum Gasteiger partial charge on any atom is 0.337 e. The first-order valence-electron chi connectivity index (χ1n) is 4.23. The highest BCUT2D eigenvalue weighted by molar-refractivity contribution is 5.90. The van der Waals surface area contributed by atoms with Crippen LogP contribution < -0.4 is 0 Å². The highest BCUT2D eigenvalue weighted by atomic mass is 19.3. The summed E-state index contributed by atoms with van der Waals surface area (Å²) in [6, 6.07) is 3.84. The Morgan fingerprint density at radius 3 is 2.67 bits per heavy atom. The number of hydrogen-bond donors (Lipinski definition) is 0. The number of ether oxygens (including phenoxy) is 1. The molecule has 4 heteroatoms. The molecule has 0 saturated heterocycles. The third kappa shape index (κ3) is 2.40. The third-order valence-electron chi connectivity index (χ3n) is 1.96. The largest absolute Gasteiger partial charge is 0.465 e. The summed E-state index contributed by atoms with van der Waals surface area (Å²) in [5.74, 6) is -0.557. The average Bonchev–Trinajstić information content (AvgIpc) is 2.26. The lowest BCUT2D eigenvalue weighted by atomic mass is 10.0. The van der Waals surface area contributed by atoms with Gasteiger partial charge in [-0.2, -0.15) is 0 Å². The molecule has 0 unspecified atom stereocenters. The normalized spacial score (nSPS) is 10.1. The molecule has 0 aromatic heterocycles. The van der Waals surface area contributed by atoms with Crippen LogP contribution in [0, 0.1) is 0 Å². The van der Waals surface area contributed by atoms with Crippen molar-refractivity contribution in [3.05, 3.63) is 41.5 Å². The summed E-state index contributed by atoms with van der Waals surface area (Å²) in [7, 11) is 1.23. The standard InChI is InChI=1S/C11H10F2O2/c1-3-7-6-8(11(14)15-2)4-5-9(7)10(12)13/h3-6,10H,1H2,2H3. The fourth-order valence-corrected chi connectivity index (χ4v) is 1.20. The Morgan fingerprint density at radius 2 is 2.20 bits per heavy atom. The maximum atomic E-state index is 12.5. The van der Waals surface area contributed by atoms with Crippen molar-refractivity contribution in [2.75, 3.05) is 7.11 Å². The van der Waals surface area contributed by atoms with E-state index in [4.69, 9.17) is 0 Å². The van der Waals surface area contributed by atoms with E-state index in [1.165, 1.54) is 31.4 Å². The molecule has 0 fully saturated rings. The Kier molecular flexibility index (Phi) is 3.55. The maximum absolute atomic E-state index is 12.5. The number of benzene rings is 1. The van der Waals surface area contributed by atoms with Crippen molar-refractivity contribution in [2.24, 2.45) is 0 Å². The molecule has 0 aliphatic carbocycles. The number of methoxy groups -OCH3 is 1. The zero-order chi connectivity index (χ0) is 11.4. The minimum atomic E-state index is -2.58. The molecule has 1 aromatic rings. The molecule has 0 aliphatic heterocycles. The number of carbonyl (C=O) groups is 1. The molecule has 0 bridgehead atoms. The van der Waals surface area contributed by atoms with Crippen LogP contribution in [-0.2, 0) is 4.74 Å². The second-order valence-electron chi connectivity index (χ2n) is 2.84. The fraction of sp³-hybridized carbons (Fsp3) is 0.182. The monoisotopic (exact) mass is 212 g/mol. The lowest BCUT2D eigenvalue weighted by Gasteiger charge is -2.06. The van der Waals surface area contributed by atoms with Crippen LogP contribution in [0.5, 0.6) is 0 Å². The van der Waals surface area contributed by atoms with E-state index in [2.05, 4.69) is 11.3 Å². The van der Waals surface area contributed by atoms with Crippen LogP contribution in [-0.4, -0.2) is 13.1 Å². The van der Waals surface area contributed by atoms with Gasteiger partial charge < -0.3 is 4.74 Å². The first-order valence-corrected chi connectivity index (χ1v) is 4.23. The summed E-state index contributed by atoms with van der Waals surface area (Å²) in [4.78, 5) is 11.1. The van der Waals surface area contributed by atoms with Crippen molar-refractivity contribution in [3.8, 4) is 0 Å². The van der Waals surface area contributed by atoms with Crippen molar-refractivity contribution in [1.82, 2.24) is 0 Å². The molecule has 0 N–H and O–H groups in total. The van der Waals surface area contributed by atoms with Gasteiger partial charge in [0.2, 0.25) is 0 Å². The molecule has 0 spiro atoms. The minimum absolute atomic E-state index is 0.141. The van der Waals surface area contributed by atoms with Gasteiger partial charge in [-0.05, 0) is 17.7 Å². The lowest BCUT2D eigenvalue weighted by molar-refractivity contribution is 0.0600. The topological polar surface area (TPSA) is 26.3 Å². The van der Waals surface area contributed by atoms with E-state index in [0.717, 1.165) is 0 Å². The van der Waals surface area contributed by atoms with Gasteiger partial charge in [-0.25, -0.2) is 13.6 Å². The summed E-state index contributed by atoms with van der Waals surface area (Å²) in [5, 5.41) is 0. The van der Waals surface area contributed by atoms with Crippen molar-refractivity contribution < 1.29 is 18.3 Å². The summed E-state index contributed by atoms with van der Waals surface area (Å²) < 4.78 is 29.4. The number of halogens is 2. The molecular formula is C11H10F2O2. The second-order valence-corrected chi connectivity index (χ2v) is 2.84. The summed E-state index contributed by atoms with van der Waals surface area (Å²) >= 11 is 0. The third-order valence-corrected chi connectivity index (χ3v) is 1.96. The van der Waals surface area contributed by atoms with E-state index in [1.54, 1.807) is 0 Å². The van der Waals surface area contributed by atoms with Crippen molar-refractivity contribution >= 4 is 12.0 Å². The van der Waals surface area contributed by atoms with E-state index in [0.29, 0.717) is 0 Å². The molecule has 0 aliphatic rings. The molecule has 80 valence electrons. The summed E-state index contributed by atoms with van der Waals surface area (Å²) in [6.07, 6.45) is -1.29. The SMILES string of the molecule is C=Cc1cc(C(=O)OC)ccc1C(F)F. The molecule has 0 heterocycles. The Hall–Kier alpha value is -1.71. The first-order chi connectivity index (χ1) is 7.10. The molecule has 2 nitrogen and oxygen atoms in total. The number of hydrogen-bond acceptors (Lipinski definition) is 2. The Bertz CT molecular complexity index is 386.